The molecule has 5 nitrogen and oxygen atoms in total. The topological polar surface area (TPSA) is 52.6 Å². The fraction of sp³-hybridized carbons (Fsp3) is 0.333. The molecule has 0 saturated carbocycles. The molecule has 0 aliphatic carbocycles. The third kappa shape index (κ3) is 7.07. The highest BCUT2D eigenvalue weighted by atomic mass is 127. The molecule has 1 heterocycles. The molecule has 25 heavy (non-hydrogen) atoms. The molecule has 0 bridgehead atoms. The van der Waals surface area contributed by atoms with E-state index in [4.69, 9.17) is 11.6 Å². The molecular formula is C18H25ClIN5. The highest BCUT2D eigenvalue weighted by Crippen LogP contribution is 2.14. The summed E-state index contributed by atoms with van der Waals surface area (Å²) >= 11 is 5.91. The Morgan fingerprint density at radius 2 is 1.88 bits per heavy atom. The second-order valence-corrected chi connectivity index (χ2v) is 5.99. The van der Waals surface area contributed by atoms with Crippen molar-refractivity contribution in [2.45, 2.75) is 20.0 Å². The average molecular weight is 474 g/mol. The van der Waals surface area contributed by atoms with Crippen LogP contribution in [0.5, 0.6) is 0 Å². The van der Waals surface area contributed by atoms with Gasteiger partial charge < -0.3 is 15.5 Å². The maximum absolute atomic E-state index is 5.91. The summed E-state index contributed by atoms with van der Waals surface area (Å²) in [6.45, 7) is 4.11. The van der Waals surface area contributed by atoms with Crippen LogP contribution in [-0.2, 0) is 13.1 Å². The molecule has 1 aromatic heterocycles. The van der Waals surface area contributed by atoms with Crippen LogP contribution in [0, 0.1) is 0 Å². The zero-order valence-electron chi connectivity index (χ0n) is 14.8. The van der Waals surface area contributed by atoms with Gasteiger partial charge in [0.2, 0.25) is 0 Å². The Balaban J connectivity index is 0.00000312. The van der Waals surface area contributed by atoms with E-state index in [9.17, 15) is 0 Å². The number of nitrogens with one attached hydrogen (secondary N) is 2. The molecule has 0 atom stereocenters. The van der Waals surface area contributed by atoms with Crippen molar-refractivity contribution in [2.75, 3.05) is 25.5 Å². The van der Waals surface area contributed by atoms with Crippen LogP contribution < -0.4 is 15.5 Å². The van der Waals surface area contributed by atoms with Gasteiger partial charge in [-0.1, -0.05) is 29.8 Å². The van der Waals surface area contributed by atoms with Gasteiger partial charge in [0.15, 0.2) is 5.96 Å². The molecule has 136 valence electrons. The number of anilines is 1. The van der Waals surface area contributed by atoms with E-state index in [-0.39, 0.29) is 24.0 Å². The summed E-state index contributed by atoms with van der Waals surface area (Å²) < 4.78 is 0. The first-order valence-electron chi connectivity index (χ1n) is 7.98. The Kier molecular flexibility index (Phi) is 9.59. The van der Waals surface area contributed by atoms with E-state index in [1.54, 1.807) is 6.20 Å². The van der Waals surface area contributed by atoms with Crippen molar-refractivity contribution in [3.05, 3.63) is 58.7 Å². The van der Waals surface area contributed by atoms with E-state index in [0.29, 0.717) is 13.1 Å². The van der Waals surface area contributed by atoms with Gasteiger partial charge in [-0.15, -0.1) is 24.0 Å². The number of hydrogen-bond acceptors (Lipinski definition) is 3. The number of nitrogens with zero attached hydrogens (tertiary/aromatic N) is 3. The number of hydrogen-bond donors (Lipinski definition) is 2. The Morgan fingerprint density at radius 3 is 2.52 bits per heavy atom. The third-order valence-corrected chi connectivity index (χ3v) is 3.67. The second kappa shape index (κ2) is 11.1. The molecule has 2 aromatic rings. The number of rotatable bonds is 6. The molecule has 0 spiro atoms. The molecule has 0 aliphatic heterocycles. The number of benzene rings is 1. The van der Waals surface area contributed by atoms with Gasteiger partial charge in [-0.3, -0.25) is 0 Å². The Labute approximate surface area is 171 Å². The van der Waals surface area contributed by atoms with Gasteiger partial charge in [0.25, 0.3) is 0 Å². The molecule has 1 aromatic carbocycles. The Bertz CT molecular complexity index is 673. The molecule has 2 rings (SSSR count). The number of pyridine rings is 1. The van der Waals surface area contributed by atoms with E-state index >= 15 is 0 Å². The number of halogens is 2. The fourth-order valence-corrected chi connectivity index (χ4v) is 2.38. The van der Waals surface area contributed by atoms with Crippen LogP contribution >= 0.6 is 35.6 Å². The summed E-state index contributed by atoms with van der Waals surface area (Å²) in [6, 6.07) is 11.7. The number of aliphatic imine (C=N–C) groups is 1. The molecule has 0 unspecified atom stereocenters. The molecule has 0 amide bonds. The number of guanidine groups is 1. The molecule has 2 N–H and O–H groups in total. The summed E-state index contributed by atoms with van der Waals surface area (Å²) in [5.74, 6) is 1.74. The maximum atomic E-state index is 5.91. The Morgan fingerprint density at radius 1 is 1.16 bits per heavy atom. The van der Waals surface area contributed by atoms with Crippen molar-refractivity contribution in [3.8, 4) is 0 Å². The average Bonchev–Trinajstić information content (AvgIpc) is 2.59. The minimum atomic E-state index is 0. The lowest BCUT2D eigenvalue weighted by atomic mass is 10.2. The van der Waals surface area contributed by atoms with Gasteiger partial charge in [0.1, 0.15) is 5.82 Å². The van der Waals surface area contributed by atoms with Gasteiger partial charge in [-0.2, -0.15) is 0 Å². The van der Waals surface area contributed by atoms with Crippen LogP contribution in [0.3, 0.4) is 0 Å². The predicted octanol–water partition coefficient (Wildman–Crippen LogP) is 3.67. The molecule has 0 saturated heterocycles. The van der Waals surface area contributed by atoms with Crippen molar-refractivity contribution in [1.82, 2.24) is 15.6 Å². The maximum Gasteiger partial charge on any atom is 0.191 e. The lowest BCUT2D eigenvalue weighted by Crippen LogP contribution is -2.37. The standard InChI is InChI=1S/C18H24ClN5.HI/c1-4-20-18(22-12-14-7-9-16(19)10-8-14)23-13-15-6-5-11-21-17(15)24(2)3;/h5-11H,4,12-13H2,1-3H3,(H2,20,22,23);1H. The first-order valence-corrected chi connectivity index (χ1v) is 8.35. The SMILES string of the molecule is CCNC(=NCc1ccc(Cl)cc1)NCc1cccnc1N(C)C.I. The van der Waals surface area contributed by atoms with Crippen LogP contribution in [0.1, 0.15) is 18.1 Å². The largest absolute Gasteiger partial charge is 0.362 e. The predicted molar refractivity (Wildman–Crippen MR) is 117 cm³/mol. The van der Waals surface area contributed by atoms with Gasteiger partial charge in [0.05, 0.1) is 6.54 Å². The summed E-state index contributed by atoms with van der Waals surface area (Å²) in [7, 11) is 3.98. The second-order valence-electron chi connectivity index (χ2n) is 5.56. The van der Waals surface area contributed by atoms with Gasteiger partial charge in [-0.05, 0) is 30.7 Å². The molecule has 7 heteroatoms. The zero-order chi connectivity index (χ0) is 17.4. The van der Waals surface area contributed by atoms with Crippen molar-refractivity contribution in [1.29, 1.82) is 0 Å². The van der Waals surface area contributed by atoms with E-state index < -0.39 is 0 Å². The van der Waals surface area contributed by atoms with Gasteiger partial charge in [-0.25, -0.2) is 9.98 Å². The van der Waals surface area contributed by atoms with E-state index in [1.165, 1.54) is 0 Å². The fourth-order valence-electron chi connectivity index (χ4n) is 2.25. The van der Waals surface area contributed by atoms with E-state index in [1.807, 2.05) is 49.3 Å². The summed E-state index contributed by atoms with van der Waals surface area (Å²) in [5.41, 5.74) is 2.24. The summed E-state index contributed by atoms with van der Waals surface area (Å²) in [4.78, 5) is 11.0. The normalized spacial score (nSPS) is 10.8. The Hall–Kier alpha value is -1.54. The third-order valence-electron chi connectivity index (χ3n) is 3.41. The van der Waals surface area contributed by atoms with Crippen molar-refractivity contribution < 1.29 is 0 Å². The molecule has 0 aliphatic rings. The van der Waals surface area contributed by atoms with Crippen molar-refractivity contribution in [3.63, 3.8) is 0 Å². The van der Waals surface area contributed by atoms with Crippen molar-refractivity contribution in [2.24, 2.45) is 4.99 Å². The zero-order valence-corrected chi connectivity index (χ0v) is 17.9. The minimum absolute atomic E-state index is 0. The molecule has 0 fully saturated rings. The van der Waals surface area contributed by atoms with Crippen molar-refractivity contribution >= 4 is 47.4 Å². The molecule has 0 radical (unpaired) electrons. The smallest absolute Gasteiger partial charge is 0.191 e. The summed E-state index contributed by atoms with van der Waals surface area (Å²) in [5, 5.41) is 7.36. The van der Waals surface area contributed by atoms with Crippen LogP contribution in [0.4, 0.5) is 5.82 Å². The minimum Gasteiger partial charge on any atom is -0.362 e. The van der Waals surface area contributed by atoms with Crippen LogP contribution in [0.25, 0.3) is 0 Å². The monoisotopic (exact) mass is 473 g/mol. The van der Waals surface area contributed by atoms with E-state index in [2.05, 4.69) is 33.6 Å². The van der Waals surface area contributed by atoms with Crippen LogP contribution in [-0.4, -0.2) is 31.6 Å². The van der Waals surface area contributed by atoms with E-state index in [0.717, 1.165) is 34.5 Å². The van der Waals surface area contributed by atoms with Gasteiger partial charge in [0, 0.05) is 44.0 Å². The highest BCUT2D eigenvalue weighted by molar-refractivity contribution is 14.0. The first kappa shape index (κ1) is 21.5. The number of aromatic nitrogens is 1. The quantitative estimate of drug-likeness (QED) is 0.382. The highest BCUT2D eigenvalue weighted by Gasteiger charge is 2.06. The lowest BCUT2D eigenvalue weighted by molar-refractivity contribution is 0.810. The van der Waals surface area contributed by atoms with Gasteiger partial charge >= 0.3 is 0 Å². The van der Waals surface area contributed by atoms with Crippen LogP contribution in [0.2, 0.25) is 5.02 Å². The summed E-state index contributed by atoms with van der Waals surface area (Å²) in [6.07, 6.45) is 1.80. The first-order chi connectivity index (χ1) is 11.6. The van der Waals surface area contributed by atoms with Crippen LogP contribution in [0.15, 0.2) is 47.6 Å². The lowest BCUT2D eigenvalue weighted by Gasteiger charge is -2.17. The molecular weight excluding hydrogens is 449 g/mol.